The van der Waals surface area contributed by atoms with Crippen molar-refractivity contribution in [2.24, 2.45) is 0 Å². The highest BCUT2D eigenvalue weighted by atomic mass is 16.2. The fraction of sp³-hybridized carbons (Fsp3) is 0.286. The summed E-state index contributed by atoms with van der Waals surface area (Å²) in [6.45, 7) is 1.69. The predicted octanol–water partition coefficient (Wildman–Crippen LogP) is 2.35. The van der Waals surface area contributed by atoms with Crippen molar-refractivity contribution >= 4 is 23.5 Å². The molecule has 1 spiro atoms. The van der Waals surface area contributed by atoms with Crippen LogP contribution in [0.4, 0.5) is 10.5 Å². The number of hydrogen-bond acceptors (Lipinski definition) is 3. The molecule has 1 heterocycles. The van der Waals surface area contributed by atoms with Gasteiger partial charge in [-0.25, -0.2) is 4.79 Å². The summed E-state index contributed by atoms with van der Waals surface area (Å²) in [5.41, 5.74) is 2.69. The molecule has 1 aliphatic heterocycles. The lowest BCUT2D eigenvalue weighted by atomic mass is 9.92. The average Bonchev–Trinajstić information content (AvgIpc) is 3.15. The number of amides is 4. The molecule has 0 saturated carbocycles. The summed E-state index contributed by atoms with van der Waals surface area (Å²) >= 11 is 0. The summed E-state index contributed by atoms with van der Waals surface area (Å²) in [6, 6.07) is 14.6. The normalized spacial score (nSPS) is 20.7. The van der Waals surface area contributed by atoms with Crippen molar-refractivity contribution in [3.05, 3.63) is 65.2 Å². The maximum atomic E-state index is 13.1. The maximum absolute atomic E-state index is 13.1. The SMILES string of the molecule is Cc1ccc(N(C)C(=O)CN2C(=O)NC3(CCc4ccccc43)C2=O)cc1. The van der Waals surface area contributed by atoms with E-state index >= 15 is 0 Å². The van der Waals surface area contributed by atoms with Crippen LogP contribution in [0.3, 0.4) is 0 Å². The molecular weight excluding hydrogens is 342 g/mol. The van der Waals surface area contributed by atoms with Gasteiger partial charge in [0.1, 0.15) is 12.1 Å². The smallest absolute Gasteiger partial charge is 0.319 e. The van der Waals surface area contributed by atoms with E-state index in [9.17, 15) is 14.4 Å². The minimum atomic E-state index is -1.03. The summed E-state index contributed by atoms with van der Waals surface area (Å²) in [6.07, 6.45) is 1.25. The highest BCUT2D eigenvalue weighted by molar-refractivity contribution is 6.11. The topological polar surface area (TPSA) is 69.7 Å². The quantitative estimate of drug-likeness (QED) is 0.851. The summed E-state index contributed by atoms with van der Waals surface area (Å²) in [7, 11) is 1.64. The van der Waals surface area contributed by atoms with Crippen molar-refractivity contribution in [1.82, 2.24) is 10.2 Å². The number of benzene rings is 2. The Balaban J connectivity index is 1.55. The van der Waals surface area contributed by atoms with Gasteiger partial charge in [-0.2, -0.15) is 0 Å². The lowest BCUT2D eigenvalue weighted by Gasteiger charge is -2.23. The molecular formula is C21H21N3O3. The molecule has 27 heavy (non-hydrogen) atoms. The summed E-state index contributed by atoms with van der Waals surface area (Å²) in [4.78, 5) is 40.8. The number of rotatable bonds is 3. The van der Waals surface area contributed by atoms with E-state index < -0.39 is 11.6 Å². The Bertz CT molecular complexity index is 938. The fourth-order valence-electron chi connectivity index (χ4n) is 3.89. The first-order valence-electron chi connectivity index (χ1n) is 8.98. The van der Waals surface area contributed by atoms with Crippen LogP contribution in [0.15, 0.2) is 48.5 Å². The van der Waals surface area contributed by atoms with E-state index in [1.807, 2.05) is 55.5 Å². The largest absolute Gasteiger partial charge is 0.325 e. The molecule has 1 N–H and O–H groups in total. The van der Waals surface area contributed by atoms with Crippen LogP contribution in [0.1, 0.15) is 23.1 Å². The van der Waals surface area contributed by atoms with E-state index in [4.69, 9.17) is 0 Å². The standard InChI is InChI=1S/C21H21N3O3/c1-14-7-9-16(10-8-14)23(2)18(25)13-24-19(26)21(22-20(24)27)12-11-15-5-3-4-6-17(15)21/h3-10H,11-13H2,1-2H3,(H,22,27). The Hall–Kier alpha value is -3.15. The van der Waals surface area contributed by atoms with Crippen LogP contribution in [0, 0.1) is 6.92 Å². The summed E-state index contributed by atoms with van der Waals surface area (Å²) < 4.78 is 0. The average molecular weight is 363 g/mol. The van der Waals surface area contributed by atoms with Gasteiger partial charge >= 0.3 is 6.03 Å². The van der Waals surface area contributed by atoms with Gasteiger partial charge in [-0.3, -0.25) is 14.5 Å². The molecule has 0 radical (unpaired) electrons. The Morgan fingerprint density at radius 2 is 1.85 bits per heavy atom. The molecule has 2 aliphatic rings. The van der Waals surface area contributed by atoms with Crippen LogP contribution in [-0.4, -0.2) is 36.3 Å². The van der Waals surface area contributed by atoms with Crippen molar-refractivity contribution in [3.63, 3.8) is 0 Å². The van der Waals surface area contributed by atoms with E-state index in [0.29, 0.717) is 6.42 Å². The Morgan fingerprint density at radius 3 is 2.59 bits per heavy atom. The fourth-order valence-corrected chi connectivity index (χ4v) is 3.89. The minimum Gasteiger partial charge on any atom is -0.319 e. The van der Waals surface area contributed by atoms with E-state index in [0.717, 1.165) is 33.7 Å². The van der Waals surface area contributed by atoms with E-state index in [2.05, 4.69) is 5.32 Å². The zero-order valence-corrected chi connectivity index (χ0v) is 15.4. The second kappa shape index (κ2) is 6.23. The van der Waals surface area contributed by atoms with Gasteiger partial charge in [0.2, 0.25) is 5.91 Å². The number of hydrogen-bond donors (Lipinski definition) is 1. The first-order chi connectivity index (χ1) is 12.9. The molecule has 1 saturated heterocycles. The van der Waals surface area contributed by atoms with Crippen molar-refractivity contribution in [2.45, 2.75) is 25.3 Å². The van der Waals surface area contributed by atoms with Gasteiger partial charge in [-0.15, -0.1) is 0 Å². The van der Waals surface area contributed by atoms with Crippen LogP contribution >= 0.6 is 0 Å². The monoisotopic (exact) mass is 363 g/mol. The van der Waals surface area contributed by atoms with Crippen molar-refractivity contribution < 1.29 is 14.4 Å². The molecule has 2 aromatic rings. The third-order valence-corrected chi connectivity index (χ3v) is 5.51. The molecule has 1 aliphatic carbocycles. The Morgan fingerprint density at radius 1 is 1.15 bits per heavy atom. The third-order valence-electron chi connectivity index (χ3n) is 5.51. The molecule has 1 atom stereocenters. The van der Waals surface area contributed by atoms with E-state index in [1.165, 1.54) is 4.90 Å². The number of aryl methyl sites for hydroxylation is 2. The molecule has 0 aromatic heterocycles. The van der Waals surface area contributed by atoms with Gasteiger partial charge in [0.25, 0.3) is 5.91 Å². The molecule has 1 fully saturated rings. The van der Waals surface area contributed by atoms with E-state index in [1.54, 1.807) is 7.05 Å². The van der Waals surface area contributed by atoms with Gasteiger partial charge in [0.15, 0.2) is 0 Å². The first-order valence-corrected chi connectivity index (χ1v) is 8.98. The summed E-state index contributed by atoms with van der Waals surface area (Å²) in [5, 5.41) is 2.84. The van der Waals surface area contributed by atoms with Crippen LogP contribution < -0.4 is 10.2 Å². The molecule has 4 amide bonds. The minimum absolute atomic E-state index is 0.279. The number of urea groups is 1. The predicted molar refractivity (Wildman–Crippen MR) is 101 cm³/mol. The van der Waals surface area contributed by atoms with Gasteiger partial charge < -0.3 is 10.2 Å². The van der Waals surface area contributed by atoms with Crippen LogP contribution in [0.2, 0.25) is 0 Å². The van der Waals surface area contributed by atoms with Gasteiger partial charge in [0.05, 0.1) is 0 Å². The second-order valence-corrected chi connectivity index (χ2v) is 7.17. The zero-order chi connectivity index (χ0) is 19.2. The number of nitrogens with zero attached hydrogens (tertiary/aromatic N) is 2. The molecule has 2 aromatic carbocycles. The second-order valence-electron chi connectivity index (χ2n) is 7.17. The highest BCUT2D eigenvalue weighted by Gasteiger charge is 2.55. The van der Waals surface area contributed by atoms with Gasteiger partial charge in [0, 0.05) is 12.7 Å². The van der Waals surface area contributed by atoms with Crippen LogP contribution in [0.5, 0.6) is 0 Å². The third kappa shape index (κ3) is 2.68. The number of carbonyl (C=O) groups is 3. The lowest BCUT2D eigenvalue weighted by molar-refractivity contribution is -0.134. The van der Waals surface area contributed by atoms with Gasteiger partial charge in [-0.05, 0) is 43.0 Å². The van der Waals surface area contributed by atoms with Crippen molar-refractivity contribution in [2.75, 3.05) is 18.5 Å². The lowest BCUT2D eigenvalue weighted by Crippen LogP contribution is -2.44. The Kier molecular flexibility index (Phi) is 3.98. The number of anilines is 1. The van der Waals surface area contributed by atoms with Crippen molar-refractivity contribution in [1.29, 1.82) is 0 Å². The zero-order valence-electron chi connectivity index (χ0n) is 15.4. The molecule has 4 rings (SSSR count). The first kappa shape index (κ1) is 17.3. The number of nitrogens with one attached hydrogen (secondary N) is 1. The highest BCUT2D eigenvalue weighted by Crippen LogP contribution is 2.41. The number of likely N-dealkylation sites (N-methyl/N-ethyl adjacent to an activating group) is 1. The Labute approximate surface area is 157 Å². The van der Waals surface area contributed by atoms with Crippen LogP contribution in [0.25, 0.3) is 0 Å². The summed E-state index contributed by atoms with van der Waals surface area (Å²) in [5.74, 6) is -0.659. The molecule has 6 nitrogen and oxygen atoms in total. The molecule has 138 valence electrons. The molecule has 0 bridgehead atoms. The van der Waals surface area contributed by atoms with Crippen molar-refractivity contribution in [3.8, 4) is 0 Å². The number of fused-ring (bicyclic) bond motifs is 2. The number of imide groups is 1. The number of carbonyl (C=O) groups excluding carboxylic acids is 3. The van der Waals surface area contributed by atoms with Crippen LogP contribution in [-0.2, 0) is 21.5 Å². The maximum Gasteiger partial charge on any atom is 0.325 e. The van der Waals surface area contributed by atoms with Gasteiger partial charge in [-0.1, -0.05) is 42.0 Å². The van der Waals surface area contributed by atoms with E-state index in [-0.39, 0.29) is 18.4 Å². The molecule has 6 heteroatoms. The molecule has 1 unspecified atom stereocenters.